The minimum absolute atomic E-state index is 0.121. The van der Waals surface area contributed by atoms with E-state index < -0.39 is 0 Å². The first-order valence-corrected chi connectivity index (χ1v) is 6.24. The average molecular weight is 284 g/mol. The second-order valence-electron chi connectivity index (χ2n) is 3.42. The molecule has 2 rings (SSSR count). The third-order valence-corrected chi connectivity index (χ3v) is 3.26. The molecule has 0 aliphatic heterocycles. The molecule has 0 radical (unpaired) electrons. The fraction of sp³-hybridized carbons (Fsp3) is 0.182. The van der Waals surface area contributed by atoms with E-state index in [1.54, 1.807) is 6.07 Å². The zero-order valence-corrected chi connectivity index (χ0v) is 11.3. The zero-order chi connectivity index (χ0) is 13.1. The number of hydrogen-bond donors (Lipinski definition) is 1. The maximum absolute atomic E-state index is 11.9. The van der Waals surface area contributed by atoms with Crippen LogP contribution < -0.4 is 10.1 Å². The van der Waals surface area contributed by atoms with Crippen LogP contribution in [-0.2, 0) is 0 Å². The SMILES string of the molecule is COc1cc(Cl)nc(NC(=O)c2ccc(C)s2)n1. The van der Waals surface area contributed by atoms with Crippen LogP contribution in [0.1, 0.15) is 14.5 Å². The maximum atomic E-state index is 11.9. The highest BCUT2D eigenvalue weighted by Crippen LogP contribution is 2.19. The molecule has 0 fully saturated rings. The molecule has 0 saturated heterocycles. The summed E-state index contributed by atoms with van der Waals surface area (Å²) in [6.45, 7) is 1.93. The standard InChI is InChI=1S/C11H10ClN3O2S/c1-6-3-4-7(18-6)10(16)15-11-13-8(12)5-9(14-11)17-2/h3-5H,1-2H3,(H,13,14,15,16). The van der Waals surface area contributed by atoms with Gasteiger partial charge in [0.1, 0.15) is 5.15 Å². The number of amides is 1. The number of carbonyl (C=O) groups is 1. The van der Waals surface area contributed by atoms with Crippen LogP contribution in [0.5, 0.6) is 5.88 Å². The maximum Gasteiger partial charge on any atom is 0.268 e. The van der Waals surface area contributed by atoms with Crippen molar-refractivity contribution in [3.8, 4) is 5.88 Å². The van der Waals surface area contributed by atoms with Gasteiger partial charge < -0.3 is 4.74 Å². The Bertz CT molecular complexity index is 585. The number of methoxy groups -OCH3 is 1. The summed E-state index contributed by atoms with van der Waals surface area (Å²) in [5, 5.41) is 2.78. The number of aromatic nitrogens is 2. The van der Waals surface area contributed by atoms with Crippen LogP contribution in [0.4, 0.5) is 5.95 Å². The van der Waals surface area contributed by atoms with Gasteiger partial charge in [-0.1, -0.05) is 11.6 Å². The van der Waals surface area contributed by atoms with Crippen molar-refractivity contribution in [3.63, 3.8) is 0 Å². The highest BCUT2D eigenvalue weighted by atomic mass is 35.5. The van der Waals surface area contributed by atoms with Gasteiger partial charge in [0.15, 0.2) is 0 Å². The number of nitrogens with one attached hydrogen (secondary N) is 1. The normalized spacial score (nSPS) is 10.2. The highest BCUT2D eigenvalue weighted by molar-refractivity contribution is 7.14. The Labute approximate surface area is 113 Å². The fourth-order valence-electron chi connectivity index (χ4n) is 1.28. The van der Waals surface area contributed by atoms with E-state index in [1.807, 2.05) is 13.0 Å². The molecule has 18 heavy (non-hydrogen) atoms. The summed E-state index contributed by atoms with van der Waals surface area (Å²) in [6, 6.07) is 5.09. The van der Waals surface area contributed by atoms with Crippen molar-refractivity contribution >= 4 is 34.8 Å². The Morgan fingerprint density at radius 1 is 1.44 bits per heavy atom. The Balaban J connectivity index is 2.18. The molecule has 0 saturated carbocycles. The van der Waals surface area contributed by atoms with Crippen LogP contribution in [0.15, 0.2) is 18.2 Å². The van der Waals surface area contributed by atoms with Crippen molar-refractivity contribution in [2.45, 2.75) is 6.92 Å². The summed E-state index contributed by atoms with van der Waals surface area (Å²) >= 11 is 7.18. The molecule has 7 heteroatoms. The molecule has 0 spiro atoms. The molecule has 94 valence electrons. The molecule has 0 unspecified atom stereocenters. The van der Waals surface area contributed by atoms with Gasteiger partial charge >= 0.3 is 0 Å². The van der Waals surface area contributed by atoms with Gasteiger partial charge in [-0.2, -0.15) is 4.98 Å². The number of ether oxygens (including phenoxy) is 1. The summed E-state index contributed by atoms with van der Waals surface area (Å²) in [7, 11) is 1.47. The first-order valence-electron chi connectivity index (χ1n) is 5.05. The third kappa shape index (κ3) is 2.96. The van der Waals surface area contributed by atoms with Gasteiger partial charge in [0.2, 0.25) is 11.8 Å². The smallest absolute Gasteiger partial charge is 0.268 e. The summed E-state index contributed by atoms with van der Waals surface area (Å²) in [5.41, 5.74) is 0. The lowest BCUT2D eigenvalue weighted by Crippen LogP contribution is -2.13. The summed E-state index contributed by atoms with van der Waals surface area (Å²) in [6.07, 6.45) is 0. The van der Waals surface area contributed by atoms with E-state index in [-0.39, 0.29) is 17.0 Å². The van der Waals surface area contributed by atoms with Crippen LogP contribution in [0.3, 0.4) is 0 Å². The molecule has 0 atom stereocenters. The van der Waals surface area contributed by atoms with Crippen LogP contribution in [-0.4, -0.2) is 23.0 Å². The predicted molar refractivity (Wildman–Crippen MR) is 70.6 cm³/mol. The molecule has 1 amide bonds. The first kappa shape index (κ1) is 12.8. The summed E-state index contributed by atoms with van der Waals surface area (Å²) < 4.78 is 4.94. The van der Waals surface area contributed by atoms with Crippen molar-refractivity contribution in [1.82, 2.24) is 9.97 Å². The van der Waals surface area contributed by atoms with Crippen LogP contribution in [0.2, 0.25) is 5.15 Å². The molecular formula is C11H10ClN3O2S. The fourth-order valence-corrected chi connectivity index (χ4v) is 2.21. The highest BCUT2D eigenvalue weighted by Gasteiger charge is 2.11. The molecular weight excluding hydrogens is 274 g/mol. The third-order valence-electron chi connectivity index (χ3n) is 2.07. The molecule has 0 aromatic carbocycles. The lowest BCUT2D eigenvalue weighted by atomic mass is 10.4. The van der Waals surface area contributed by atoms with Crippen molar-refractivity contribution in [3.05, 3.63) is 33.1 Å². The van der Waals surface area contributed by atoms with E-state index in [2.05, 4.69) is 15.3 Å². The average Bonchev–Trinajstić information content (AvgIpc) is 2.75. The van der Waals surface area contributed by atoms with E-state index >= 15 is 0 Å². The van der Waals surface area contributed by atoms with E-state index in [0.29, 0.717) is 10.8 Å². The summed E-state index contributed by atoms with van der Waals surface area (Å²) in [5.74, 6) is 0.153. The van der Waals surface area contributed by atoms with Gasteiger partial charge in [0.05, 0.1) is 12.0 Å². The van der Waals surface area contributed by atoms with Gasteiger partial charge in [-0.15, -0.1) is 11.3 Å². The first-order chi connectivity index (χ1) is 8.58. The second-order valence-corrected chi connectivity index (χ2v) is 5.10. The number of carbonyl (C=O) groups excluding carboxylic acids is 1. The zero-order valence-electron chi connectivity index (χ0n) is 9.73. The Kier molecular flexibility index (Phi) is 3.78. The molecule has 0 bridgehead atoms. The molecule has 2 aromatic heterocycles. The van der Waals surface area contributed by atoms with E-state index in [0.717, 1.165) is 4.88 Å². The van der Waals surface area contributed by atoms with Crippen LogP contribution >= 0.6 is 22.9 Å². The number of aryl methyl sites for hydroxylation is 1. The molecule has 2 heterocycles. The minimum Gasteiger partial charge on any atom is -0.481 e. The predicted octanol–water partition coefficient (Wildman–Crippen LogP) is 2.76. The molecule has 1 N–H and O–H groups in total. The number of anilines is 1. The lowest BCUT2D eigenvalue weighted by molar-refractivity contribution is 0.102. The monoisotopic (exact) mass is 283 g/mol. The van der Waals surface area contributed by atoms with Gasteiger partial charge in [0, 0.05) is 10.9 Å². The Morgan fingerprint density at radius 2 is 2.22 bits per heavy atom. The van der Waals surface area contributed by atoms with Crippen LogP contribution in [0, 0.1) is 6.92 Å². The lowest BCUT2D eigenvalue weighted by Gasteiger charge is -2.04. The minimum atomic E-state index is -0.266. The Morgan fingerprint density at radius 3 is 2.83 bits per heavy atom. The molecule has 0 aliphatic rings. The molecule has 0 aliphatic carbocycles. The number of halogens is 1. The van der Waals surface area contributed by atoms with E-state index in [4.69, 9.17) is 16.3 Å². The van der Waals surface area contributed by atoms with Gasteiger partial charge in [-0.3, -0.25) is 10.1 Å². The Hall–Kier alpha value is -1.66. The second kappa shape index (κ2) is 5.32. The van der Waals surface area contributed by atoms with Gasteiger partial charge in [-0.25, -0.2) is 4.98 Å². The number of nitrogens with zero attached hydrogens (tertiary/aromatic N) is 2. The molecule has 2 aromatic rings. The van der Waals surface area contributed by atoms with E-state index in [1.165, 1.54) is 24.5 Å². The van der Waals surface area contributed by atoms with E-state index in [9.17, 15) is 4.79 Å². The number of hydrogen-bond acceptors (Lipinski definition) is 5. The van der Waals surface area contributed by atoms with Crippen molar-refractivity contribution < 1.29 is 9.53 Å². The van der Waals surface area contributed by atoms with Crippen LogP contribution in [0.25, 0.3) is 0 Å². The topological polar surface area (TPSA) is 64.1 Å². The molecule has 5 nitrogen and oxygen atoms in total. The number of rotatable bonds is 3. The van der Waals surface area contributed by atoms with Crippen molar-refractivity contribution in [1.29, 1.82) is 0 Å². The number of thiophene rings is 1. The van der Waals surface area contributed by atoms with Gasteiger partial charge in [-0.05, 0) is 19.1 Å². The quantitative estimate of drug-likeness (QED) is 0.880. The largest absolute Gasteiger partial charge is 0.481 e. The van der Waals surface area contributed by atoms with Crippen molar-refractivity contribution in [2.24, 2.45) is 0 Å². The summed E-state index contributed by atoms with van der Waals surface area (Å²) in [4.78, 5) is 21.4. The van der Waals surface area contributed by atoms with Crippen molar-refractivity contribution in [2.75, 3.05) is 12.4 Å². The van der Waals surface area contributed by atoms with Gasteiger partial charge in [0.25, 0.3) is 5.91 Å².